The number of rotatable bonds is 8. The molecule has 0 aliphatic heterocycles. The Morgan fingerprint density at radius 2 is 2.07 bits per heavy atom. The summed E-state index contributed by atoms with van der Waals surface area (Å²) in [6.45, 7) is 5.89. The maximum Gasteiger partial charge on any atom is 0.305 e. The Hall–Kier alpha value is -0.650. The summed E-state index contributed by atoms with van der Waals surface area (Å²) in [4.78, 5) is 10.7. The third-order valence-corrected chi connectivity index (χ3v) is 1.61. The van der Waals surface area contributed by atoms with E-state index in [2.05, 4.69) is 16.0 Å². The van der Waals surface area contributed by atoms with E-state index in [4.69, 9.17) is 4.74 Å². The molecule has 0 amide bonds. The van der Waals surface area contributed by atoms with Crippen LogP contribution in [-0.2, 0) is 9.53 Å². The Kier molecular flexibility index (Phi) is 8.51. The van der Waals surface area contributed by atoms with Gasteiger partial charge in [-0.1, -0.05) is 6.92 Å². The molecule has 0 aliphatic carbocycles. The van der Waals surface area contributed by atoms with Gasteiger partial charge in [0.25, 0.3) is 0 Å². The molecule has 3 N–H and O–H groups in total. The summed E-state index contributed by atoms with van der Waals surface area (Å²) in [5.74, 6) is -0.280. The van der Waals surface area contributed by atoms with E-state index in [1.807, 2.05) is 14.0 Å². The standard InChI is InChI=1S/C9H21N3O2/c1-4-11-9(14-8(2)13)12-7-5-6-10-3/h9-12H,4-7H2,1-3H3. The average Bonchev–Trinajstić information content (AvgIpc) is 2.12. The number of hydrogen-bond acceptors (Lipinski definition) is 5. The summed E-state index contributed by atoms with van der Waals surface area (Å²) >= 11 is 0. The maximum atomic E-state index is 10.7. The lowest BCUT2D eigenvalue weighted by Crippen LogP contribution is -2.45. The maximum absolute atomic E-state index is 10.7. The lowest BCUT2D eigenvalue weighted by atomic mass is 10.4. The Morgan fingerprint density at radius 1 is 1.36 bits per heavy atom. The zero-order valence-electron chi connectivity index (χ0n) is 9.22. The number of esters is 1. The molecule has 0 radical (unpaired) electrons. The first-order valence-electron chi connectivity index (χ1n) is 4.99. The van der Waals surface area contributed by atoms with Crippen LogP contribution in [0.15, 0.2) is 0 Å². The fourth-order valence-corrected chi connectivity index (χ4v) is 1.01. The van der Waals surface area contributed by atoms with Crippen LogP contribution in [0.1, 0.15) is 20.3 Å². The van der Waals surface area contributed by atoms with Crippen LogP contribution < -0.4 is 16.0 Å². The van der Waals surface area contributed by atoms with Crippen molar-refractivity contribution in [2.75, 3.05) is 26.7 Å². The molecule has 0 saturated carbocycles. The van der Waals surface area contributed by atoms with Crippen molar-refractivity contribution in [1.82, 2.24) is 16.0 Å². The molecule has 84 valence electrons. The van der Waals surface area contributed by atoms with Gasteiger partial charge in [-0.05, 0) is 26.6 Å². The van der Waals surface area contributed by atoms with E-state index in [0.29, 0.717) is 0 Å². The minimum absolute atomic E-state index is 0.280. The highest BCUT2D eigenvalue weighted by Gasteiger charge is 2.07. The molecule has 5 nitrogen and oxygen atoms in total. The van der Waals surface area contributed by atoms with Gasteiger partial charge in [-0.25, -0.2) is 0 Å². The summed E-state index contributed by atoms with van der Waals surface area (Å²) in [7, 11) is 1.91. The van der Waals surface area contributed by atoms with Crippen LogP contribution in [0.3, 0.4) is 0 Å². The molecular weight excluding hydrogens is 182 g/mol. The molecule has 1 unspecified atom stereocenters. The third-order valence-electron chi connectivity index (χ3n) is 1.61. The highest BCUT2D eigenvalue weighted by atomic mass is 16.6. The first kappa shape index (κ1) is 13.4. The lowest BCUT2D eigenvalue weighted by Gasteiger charge is -2.18. The molecule has 0 fully saturated rings. The molecule has 0 aliphatic rings. The second-order valence-corrected chi connectivity index (χ2v) is 2.96. The molecule has 0 heterocycles. The Labute approximate surface area is 85.6 Å². The van der Waals surface area contributed by atoms with E-state index in [1.54, 1.807) is 0 Å². The highest BCUT2D eigenvalue weighted by Crippen LogP contribution is 1.85. The minimum Gasteiger partial charge on any atom is -0.433 e. The molecular formula is C9H21N3O2. The first-order valence-corrected chi connectivity index (χ1v) is 4.99. The fourth-order valence-electron chi connectivity index (χ4n) is 1.01. The van der Waals surface area contributed by atoms with Crippen LogP contribution in [0.25, 0.3) is 0 Å². The quantitative estimate of drug-likeness (QED) is 0.286. The molecule has 0 bridgehead atoms. The van der Waals surface area contributed by atoms with Gasteiger partial charge in [-0.3, -0.25) is 15.4 Å². The van der Waals surface area contributed by atoms with Crippen molar-refractivity contribution in [2.24, 2.45) is 0 Å². The van der Waals surface area contributed by atoms with Gasteiger partial charge in [0.1, 0.15) is 0 Å². The molecule has 5 heteroatoms. The Balaban J connectivity index is 3.56. The van der Waals surface area contributed by atoms with Crippen LogP contribution in [0, 0.1) is 0 Å². The molecule has 0 rings (SSSR count). The molecule has 0 aromatic heterocycles. The van der Waals surface area contributed by atoms with Crippen LogP contribution >= 0.6 is 0 Å². The van der Waals surface area contributed by atoms with Crippen LogP contribution in [0.4, 0.5) is 0 Å². The lowest BCUT2D eigenvalue weighted by molar-refractivity contribution is -0.149. The van der Waals surface area contributed by atoms with Gasteiger partial charge in [0.2, 0.25) is 6.35 Å². The van der Waals surface area contributed by atoms with Crippen molar-refractivity contribution in [3.8, 4) is 0 Å². The van der Waals surface area contributed by atoms with Crippen molar-refractivity contribution in [3.05, 3.63) is 0 Å². The number of carbonyl (C=O) groups excluding carboxylic acids is 1. The SMILES string of the molecule is CCNC(NCCCNC)OC(C)=O. The van der Waals surface area contributed by atoms with Crippen molar-refractivity contribution in [2.45, 2.75) is 26.6 Å². The molecule has 0 aromatic rings. The predicted molar refractivity (Wildman–Crippen MR) is 55.8 cm³/mol. The van der Waals surface area contributed by atoms with Crippen molar-refractivity contribution < 1.29 is 9.53 Å². The largest absolute Gasteiger partial charge is 0.433 e. The molecule has 0 aromatic carbocycles. The average molecular weight is 203 g/mol. The van der Waals surface area contributed by atoms with Gasteiger partial charge in [0.15, 0.2) is 0 Å². The van der Waals surface area contributed by atoms with Crippen LogP contribution in [0.5, 0.6) is 0 Å². The Morgan fingerprint density at radius 3 is 2.57 bits per heavy atom. The number of carbonyl (C=O) groups is 1. The number of nitrogens with one attached hydrogen (secondary N) is 3. The normalized spacial score (nSPS) is 12.5. The second kappa shape index (κ2) is 8.93. The molecule has 0 saturated heterocycles. The second-order valence-electron chi connectivity index (χ2n) is 2.96. The highest BCUT2D eigenvalue weighted by molar-refractivity contribution is 5.66. The zero-order valence-corrected chi connectivity index (χ0v) is 9.22. The number of ether oxygens (including phenoxy) is 1. The van der Waals surface area contributed by atoms with E-state index in [9.17, 15) is 4.79 Å². The topological polar surface area (TPSA) is 62.4 Å². The summed E-state index contributed by atoms with van der Waals surface area (Å²) in [6, 6.07) is 0. The Bertz CT molecular complexity index is 153. The van der Waals surface area contributed by atoms with Crippen LogP contribution in [-0.4, -0.2) is 39.0 Å². The van der Waals surface area contributed by atoms with Crippen molar-refractivity contribution in [1.29, 1.82) is 0 Å². The molecule has 0 spiro atoms. The first-order chi connectivity index (χ1) is 6.70. The zero-order chi connectivity index (χ0) is 10.8. The van der Waals surface area contributed by atoms with E-state index in [-0.39, 0.29) is 12.3 Å². The smallest absolute Gasteiger partial charge is 0.305 e. The van der Waals surface area contributed by atoms with E-state index >= 15 is 0 Å². The summed E-state index contributed by atoms with van der Waals surface area (Å²) in [6.07, 6.45) is 0.633. The minimum atomic E-state index is -0.366. The molecule has 14 heavy (non-hydrogen) atoms. The summed E-state index contributed by atoms with van der Waals surface area (Å²) < 4.78 is 4.99. The van der Waals surface area contributed by atoms with Gasteiger partial charge in [-0.15, -0.1) is 0 Å². The predicted octanol–water partition coefficient (Wildman–Crippen LogP) is -0.358. The fraction of sp³-hybridized carbons (Fsp3) is 0.889. The van der Waals surface area contributed by atoms with Gasteiger partial charge in [0.05, 0.1) is 0 Å². The van der Waals surface area contributed by atoms with E-state index < -0.39 is 0 Å². The van der Waals surface area contributed by atoms with Crippen LogP contribution in [0.2, 0.25) is 0 Å². The van der Waals surface area contributed by atoms with E-state index in [0.717, 1.165) is 26.1 Å². The summed E-state index contributed by atoms with van der Waals surface area (Å²) in [5.41, 5.74) is 0. The molecule has 1 atom stereocenters. The van der Waals surface area contributed by atoms with Gasteiger partial charge >= 0.3 is 5.97 Å². The van der Waals surface area contributed by atoms with Gasteiger partial charge in [0, 0.05) is 13.5 Å². The van der Waals surface area contributed by atoms with Gasteiger partial charge < -0.3 is 10.1 Å². The summed E-state index contributed by atoms with van der Waals surface area (Å²) in [5, 5.41) is 9.15. The van der Waals surface area contributed by atoms with Crippen molar-refractivity contribution in [3.63, 3.8) is 0 Å². The van der Waals surface area contributed by atoms with Crippen molar-refractivity contribution >= 4 is 5.97 Å². The monoisotopic (exact) mass is 203 g/mol. The number of hydrogen-bond donors (Lipinski definition) is 3. The van der Waals surface area contributed by atoms with Gasteiger partial charge in [-0.2, -0.15) is 0 Å². The van der Waals surface area contributed by atoms with E-state index in [1.165, 1.54) is 6.92 Å². The third kappa shape index (κ3) is 7.97.